The molecule has 0 heterocycles. The molecule has 0 aromatic heterocycles. The lowest BCUT2D eigenvalue weighted by atomic mass is 10.2. The number of hydrogen-bond acceptors (Lipinski definition) is 3. The Bertz CT molecular complexity index is 426. The first-order chi connectivity index (χ1) is 9.16. The maximum atomic E-state index is 11.5. The minimum Gasteiger partial charge on any atom is -0.490 e. The fraction of sp³-hybridized carbons (Fsp3) is 0.533. The van der Waals surface area contributed by atoms with Gasteiger partial charge < -0.3 is 15.8 Å². The zero-order valence-electron chi connectivity index (χ0n) is 11.4. The molecule has 1 atom stereocenters. The van der Waals surface area contributed by atoms with Gasteiger partial charge in [-0.3, -0.25) is 4.79 Å². The highest BCUT2D eigenvalue weighted by atomic mass is 16.5. The van der Waals surface area contributed by atoms with Gasteiger partial charge in [0.1, 0.15) is 5.75 Å². The second kappa shape index (κ2) is 6.57. The van der Waals surface area contributed by atoms with E-state index in [1.807, 2.05) is 24.3 Å². The molecule has 19 heavy (non-hydrogen) atoms. The number of rotatable bonds is 5. The van der Waals surface area contributed by atoms with Crippen LogP contribution in [0.15, 0.2) is 24.3 Å². The van der Waals surface area contributed by atoms with E-state index in [2.05, 4.69) is 5.32 Å². The molecule has 4 nitrogen and oxygen atoms in total. The number of carbonyl (C=O) groups is 1. The lowest BCUT2D eigenvalue weighted by Gasteiger charge is -2.17. The van der Waals surface area contributed by atoms with Gasteiger partial charge in [0.25, 0.3) is 0 Å². The second-order valence-electron chi connectivity index (χ2n) is 5.14. The molecule has 0 radical (unpaired) electrons. The Morgan fingerprint density at radius 1 is 1.42 bits per heavy atom. The Balaban J connectivity index is 1.97. The van der Waals surface area contributed by atoms with Crippen molar-refractivity contribution in [2.45, 2.75) is 51.3 Å². The molecule has 4 heteroatoms. The van der Waals surface area contributed by atoms with Gasteiger partial charge in [-0.05, 0) is 38.7 Å². The summed E-state index contributed by atoms with van der Waals surface area (Å²) in [6.45, 7) is 2.14. The summed E-state index contributed by atoms with van der Waals surface area (Å²) in [5, 5.41) is 2.82. The van der Waals surface area contributed by atoms with E-state index in [0.29, 0.717) is 12.6 Å². The minimum atomic E-state index is -0.483. The van der Waals surface area contributed by atoms with Gasteiger partial charge in [0.2, 0.25) is 5.91 Å². The number of hydrogen-bond donors (Lipinski definition) is 2. The van der Waals surface area contributed by atoms with Crippen LogP contribution in [0.1, 0.15) is 38.2 Å². The van der Waals surface area contributed by atoms with E-state index < -0.39 is 6.04 Å². The van der Waals surface area contributed by atoms with Gasteiger partial charge in [-0.25, -0.2) is 0 Å². The maximum absolute atomic E-state index is 11.5. The van der Waals surface area contributed by atoms with E-state index in [1.54, 1.807) is 6.92 Å². The van der Waals surface area contributed by atoms with Crippen LogP contribution in [0, 0.1) is 0 Å². The van der Waals surface area contributed by atoms with E-state index >= 15 is 0 Å². The summed E-state index contributed by atoms with van der Waals surface area (Å²) < 4.78 is 6.02. The van der Waals surface area contributed by atoms with Gasteiger partial charge in [0.15, 0.2) is 0 Å². The Hall–Kier alpha value is -1.55. The molecule has 0 spiro atoms. The Labute approximate surface area is 114 Å². The predicted molar refractivity (Wildman–Crippen MR) is 74.8 cm³/mol. The van der Waals surface area contributed by atoms with E-state index in [0.717, 1.165) is 24.2 Å². The SMILES string of the molecule is C[C@H](N)C(=O)NCc1ccccc1OC1CCCC1. The molecule has 1 saturated carbocycles. The molecule has 1 aromatic carbocycles. The average Bonchev–Trinajstić information content (AvgIpc) is 2.90. The summed E-state index contributed by atoms with van der Waals surface area (Å²) in [5.41, 5.74) is 6.53. The molecule has 1 amide bonds. The van der Waals surface area contributed by atoms with Crippen molar-refractivity contribution in [2.24, 2.45) is 5.73 Å². The molecular formula is C15H22N2O2. The number of amides is 1. The number of ether oxygens (including phenoxy) is 1. The van der Waals surface area contributed by atoms with Crippen LogP contribution < -0.4 is 15.8 Å². The fourth-order valence-corrected chi connectivity index (χ4v) is 2.29. The van der Waals surface area contributed by atoms with Crippen LogP contribution in [0.3, 0.4) is 0 Å². The van der Waals surface area contributed by atoms with Crippen molar-refractivity contribution >= 4 is 5.91 Å². The maximum Gasteiger partial charge on any atom is 0.236 e. The highest BCUT2D eigenvalue weighted by molar-refractivity contribution is 5.80. The van der Waals surface area contributed by atoms with Gasteiger partial charge in [-0.2, -0.15) is 0 Å². The highest BCUT2D eigenvalue weighted by Gasteiger charge is 2.18. The average molecular weight is 262 g/mol. The number of carbonyl (C=O) groups excluding carboxylic acids is 1. The van der Waals surface area contributed by atoms with Gasteiger partial charge in [-0.1, -0.05) is 18.2 Å². The lowest BCUT2D eigenvalue weighted by molar-refractivity contribution is -0.122. The van der Waals surface area contributed by atoms with Crippen LogP contribution >= 0.6 is 0 Å². The summed E-state index contributed by atoms with van der Waals surface area (Å²) >= 11 is 0. The van der Waals surface area contributed by atoms with Crippen molar-refractivity contribution < 1.29 is 9.53 Å². The third kappa shape index (κ3) is 3.96. The summed E-state index contributed by atoms with van der Waals surface area (Å²) in [7, 11) is 0. The molecule has 2 rings (SSSR count). The van der Waals surface area contributed by atoms with Gasteiger partial charge in [-0.15, -0.1) is 0 Å². The third-order valence-corrected chi connectivity index (χ3v) is 3.44. The Morgan fingerprint density at radius 2 is 2.11 bits per heavy atom. The van der Waals surface area contributed by atoms with Crippen molar-refractivity contribution in [2.75, 3.05) is 0 Å². The molecule has 3 N–H and O–H groups in total. The van der Waals surface area contributed by atoms with E-state index in [1.165, 1.54) is 12.8 Å². The van der Waals surface area contributed by atoms with Gasteiger partial charge in [0, 0.05) is 12.1 Å². The standard InChI is InChI=1S/C15H22N2O2/c1-11(16)15(18)17-10-12-6-2-5-9-14(12)19-13-7-3-4-8-13/h2,5-6,9,11,13H,3-4,7-8,10,16H2,1H3,(H,17,18)/t11-/m0/s1. The second-order valence-corrected chi connectivity index (χ2v) is 5.14. The van der Waals surface area contributed by atoms with Crippen molar-refractivity contribution in [1.29, 1.82) is 0 Å². The molecular weight excluding hydrogens is 240 g/mol. The Kier molecular flexibility index (Phi) is 4.80. The molecule has 1 aliphatic carbocycles. The smallest absolute Gasteiger partial charge is 0.236 e. The minimum absolute atomic E-state index is 0.143. The molecule has 1 aliphatic rings. The van der Waals surface area contributed by atoms with E-state index in [9.17, 15) is 4.79 Å². The van der Waals surface area contributed by atoms with E-state index in [-0.39, 0.29) is 5.91 Å². The topological polar surface area (TPSA) is 64.4 Å². The number of para-hydroxylation sites is 1. The van der Waals surface area contributed by atoms with Crippen molar-refractivity contribution in [3.63, 3.8) is 0 Å². The first-order valence-electron chi connectivity index (χ1n) is 6.94. The van der Waals surface area contributed by atoms with Crippen LogP contribution in [0.25, 0.3) is 0 Å². The van der Waals surface area contributed by atoms with E-state index in [4.69, 9.17) is 10.5 Å². The Morgan fingerprint density at radius 3 is 2.79 bits per heavy atom. The summed E-state index contributed by atoms with van der Waals surface area (Å²) in [6.07, 6.45) is 5.06. The molecule has 0 aliphatic heterocycles. The van der Waals surface area contributed by atoms with Crippen LogP contribution in [-0.2, 0) is 11.3 Å². The van der Waals surface area contributed by atoms with Crippen molar-refractivity contribution in [3.8, 4) is 5.75 Å². The van der Waals surface area contributed by atoms with Crippen molar-refractivity contribution in [3.05, 3.63) is 29.8 Å². The summed E-state index contributed by atoms with van der Waals surface area (Å²) in [6, 6.07) is 7.37. The number of nitrogens with two attached hydrogens (primary N) is 1. The molecule has 0 saturated heterocycles. The molecule has 1 aromatic rings. The van der Waals surface area contributed by atoms with Crippen LogP contribution in [-0.4, -0.2) is 18.1 Å². The van der Waals surface area contributed by atoms with Crippen LogP contribution in [0.5, 0.6) is 5.75 Å². The number of benzene rings is 1. The lowest BCUT2D eigenvalue weighted by Crippen LogP contribution is -2.37. The molecule has 0 bridgehead atoms. The molecule has 1 fully saturated rings. The monoisotopic (exact) mass is 262 g/mol. The molecule has 104 valence electrons. The fourth-order valence-electron chi connectivity index (χ4n) is 2.29. The first-order valence-corrected chi connectivity index (χ1v) is 6.94. The first kappa shape index (κ1) is 13.9. The van der Waals surface area contributed by atoms with Crippen LogP contribution in [0.4, 0.5) is 0 Å². The summed E-state index contributed by atoms with van der Waals surface area (Å²) in [5.74, 6) is 0.732. The quantitative estimate of drug-likeness (QED) is 0.852. The molecule has 0 unspecified atom stereocenters. The number of nitrogens with one attached hydrogen (secondary N) is 1. The van der Waals surface area contributed by atoms with Crippen LogP contribution in [0.2, 0.25) is 0 Å². The zero-order chi connectivity index (χ0) is 13.7. The third-order valence-electron chi connectivity index (χ3n) is 3.44. The largest absolute Gasteiger partial charge is 0.490 e. The predicted octanol–water partition coefficient (Wildman–Crippen LogP) is 1.97. The highest BCUT2D eigenvalue weighted by Crippen LogP contribution is 2.26. The normalized spacial score (nSPS) is 17.2. The summed E-state index contributed by atoms with van der Waals surface area (Å²) in [4.78, 5) is 11.5. The van der Waals surface area contributed by atoms with Gasteiger partial charge in [0.05, 0.1) is 12.1 Å². The zero-order valence-corrected chi connectivity index (χ0v) is 11.4. The van der Waals surface area contributed by atoms with Gasteiger partial charge >= 0.3 is 0 Å². The van der Waals surface area contributed by atoms with Crippen molar-refractivity contribution in [1.82, 2.24) is 5.32 Å².